The minimum atomic E-state index is -4.57. The highest BCUT2D eigenvalue weighted by Crippen LogP contribution is 2.33. The van der Waals surface area contributed by atoms with Gasteiger partial charge in [-0.1, -0.05) is 29.5 Å². The highest BCUT2D eigenvalue weighted by Gasteiger charge is 2.40. The fraction of sp³-hybridized carbons (Fsp3) is 0.357. The molecule has 0 saturated carbocycles. The first kappa shape index (κ1) is 15.1. The van der Waals surface area contributed by atoms with Gasteiger partial charge in [0.25, 0.3) is 5.82 Å². The summed E-state index contributed by atoms with van der Waals surface area (Å²) < 4.78 is 39.6. The Balaban J connectivity index is 2.14. The molecule has 8 heteroatoms. The van der Waals surface area contributed by atoms with Gasteiger partial charge >= 0.3 is 6.18 Å². The smallest absolute Gasteiger partial charge is 0.182 e. The second-order valence-electron chi connectivity index (χ2n) is 5.22. The van der Waals surface area contributed by atoms with Gasteiger partial charge in [-0.2, -0.15) is 22.9 Å². The van der Waals surface area contributed by atoms with Crippen molar-refractivity contribution in [2.75, 3.05) is 5.75 Å². The average Bonchev–Trinajstić information content (AvgIpc) is 2.80. The zero-order chi connectivity index (χ0) is 16.1. The van der Waals surface area contributed by atoms with Gasteiger partial charge in [-0.05, 0) is 31.9 Å². The second kappa shape index (κ2) is 5.12. The Morgan fingerprint density at radius 2 is 1.73 bits per heavy atom. The monoisotopic (exact) mass is 326 g/mol. The summed E-state index contributed by atoms with van der Waals surface area (Å²) in [5, 5.41) is 11.1. The quantitative estimate of drug-likeness (QED) is 0.804. The number of thioether (sulfide) groups is 1. The number of hydrogen-bond donors (Lipinski definition) is 0. The predicted octanol–water partition coefficient (Wildman–Crippen LogP) is 3.58. The number of benzene rings is 1. The number of aryl methyl sites for hydroxylation is 3. The van der Waals surface area contributed by atoms with Gasteiger partial charge in [0.2, 0.25) is 5.16 Å². The average molecular weight is 326 g/mol. The van der Waals surface area contributed by atoms with Gasteiger partial charge in [0.05, 0.1) is 5.71 Å². The maximum Gasteiger partial charge on any atom is 0.453 e. The molecular formula is C14H13F3N4S. The van der Waals surface area contributed by atoms with Crippen LogP contribution in [-0.4, -0.2) is 26.3 Å². The van der Waals surface area contributed by atoms with E-state index in [1.165, 1.54) is 11.8 Å². The van der Waals surface area contributed by atoms with Gasteiger partial charge in [-0.15, -0.1) is 10.2 Å². The minimum absolute atomic E-state index is 0.165. The summed E-state index contributed by atoms with van der Waals surface area (Å²) in [6.45, 7) is 5.87. The third-order valence-electron chi connectivity index (χ3n) is 3.39. The standard InChI is InChI=1S/C14H13F3N4S/c1-7-4-8(2)11(9(3)5-7)10-6-22-13-19-18-12(14(15,16)17)21(13)20-10/h4-5H,6H2,1-3H3. The molecule has 1 aliphatic heterocycles. The molecule has 0 bridgehead atoms. The van der Waals surface area contributed by atoms with Gasteiger partial charge < -0.3 is 0 Å². The van der Waals surface area contributed by atoms with Crippen LogP contribution in [0.1, 0.15) is 28.1 Å². The molecular weight excluding hydrogens is 313 g/mol. The number of halogens is 3. The van der Waals surface area contributed by atoms with Crippen LogP contribution in [0, 0.1) is 20.8 Å². The first-order chi connectivity index (χ1) is 10.3. The van der Waals surface area contributed by atoms with Crippen molar-refractivity contribution < 1.29 is 13.2 Å². The van der Waals surface area contributed by atoms with Crippen LogP contribution in [0.15, 0.2) is 22.4 Å². The molecule has 0 amide bonds. The highest BCUT2D eigenvalue weighted by molar-refractivity contribution is 7.99. The van der Waals surface area contributed by atoms with Crippen LogP contribution < -0.4 is 0 Å². The molecule has 0 N–H and O–H groups in total. The molecule has 2 aromatic rings. The first-order valence-corrected chi connectivity index (χ1v) is 7.57. The highest BCUT2D eigenvalue weighted by atomic mass is 32.2. The fourth-order valence-corrected chi connectivity index (χ4v) is 3.48. The Labute approximate surface area is 129 Å². The molecule has 0 saturated heterocycles. The van der Waals surface area contributed by atoms with Crippen molar-refractivity contribution in [3.63, 3.8) is 0 Å². The van der Waals surface area contributed by atoms with E-state index in [0.717, 1.165) is 26.9 Å². The number of nitrogens with zero attached hydrogens (tertiary/aromatic N) is 4. The summed E-state index contributed by atoms with van der Waals surface area (Å²) in [4.78, 5) is 0. The van der Waals surface area contributed by atoms with Crippen molar-refractivity contribution in [1.82, 2.24) is 14.9 Å². The van der Waals surface area contributed by atoms with E-state index in [1.807, 2.05) is 32.9 Å². The lowest BCUT2D eigenvalue weighted by Crippen LogP contribution is -2.20. The van der Waals surface area contributed by atoms with Crippen LogP contribution in [0.25, 0.3) is 0 Å². The molecule has 0 aliphatic carbocycles. The number of fused-ring (bicyclic) bond motifs is 1. The molecule has 22 heavy (non-hydrogen) atoms. The van der Waals surface area contributed by atoms with E-state index < -0.39 is 12.0 Å². The molecule has 0 unspecified atom stereocenters. The molecule has 0 radical (unpaired) electrons. The molecule has 0 atom stereocenters. The van der Waals surface area contributed by atoms with Crippen LogP contribution in [0.5, 0.6) is 0 Å². The number of hydrogen-bond acceptors (Lipinski definition) is 4. The first-order valence-electron chi connectivity index (χ1n) is 6.59. The summed E-state index contributed by atoms with van der Waals surface area (Å²) >= 11 is 1.21. The van der Waals surface area contributed by atoms with E-state index in [0.29, 0.717) is 11.5 Å². The molecule has 1 aromatic heterocycles. The Hall–Kier alpha value is -1.83. The van der Waals surface area contributed by atoms with Gasteiger partial charge in [0.15, 0.2) is 0 Å². The molecule has 0 spiro atoms. The molecule has 0 fully saturated rings. The van der Waals surface area contributed by atoms with E-state index in [4.69, 9.17) is 0 Å². The molecule has 1 aliphatic rings. The van der Waals surface area contributed by atoms with Crippen LogP contribution in [0.3, 0.4) is 0 Å². The minimum Gasteiger partial charge on any atom is -0.182 e. The summed E-state index contributed by atoms with van der Waals surface area (Å²) in [7, 11) is 0. The zero-order valence-electron chi connectivity index (χ0n) is 12.2. The molecule has 116 valence electrons. The van der Waals surface area contributed by atoms with Crippen molar-refractivity contribution >= 4 is 17.5 Å². The van der Waals surface area contributed by atoms with E-state index in [1.54, 1.807) is 0 Å². The fourth-order valence-electron chi connectivity index (χ4n) is 2.66. The Kier molecular flexibility index (Phi) is 3.51. The second-order valence-corrected chi connectivity index (χ2v) is 6.17. The number of alkyl halides is 3. The lowest BCUT2D eigenvalue weighted by atomic mass is 9.97. The summed E-state index contributed by atoms with van der Waals surface area (Å²) in [6.07, 6.45) is -4.57. The Morgan fingerprint density at radius 3 is 2.32 bits per heavy atom. The van der Waals surface area contributed by atoms with Crippen LogP contribution in [0.2, 0.25) is 0 Å². The van der Waals surface area contributed by atoms with Gasteiger partial charge in [0.1, 0.15) is 0 Å². The number of aromatic nitrogens is 3. The lowest BCUT2D eigenvalue weighted by molar-refractivity contribution is -0.147. The third-order valence-corrected chi connectivity index (χ3v) is 4.32. The zero-order valence-corrected chi connectivity index (χ0v) is 13.0. The van der Waals surface area contributed by atoms with Crippen LogP contribution >= 0.6 is 11.8 Å². The molecule has 4 nitrogen and oxygen atoms in total. The maximum atomic E-state index is 12.9. The Morgan fingerprint density at radius 1 is 1.09 bits per heavy atom. The summed E-state index contributed by atoms with van der Waals surface area (Å²) in [5.74, 6) is -0.615. The maximum absolute atomic E-state index is 12.9. The summed E-state index contributed by atoms with van der Waals surface area (Å²) in [5.41, 5.74) is 4.62. The van der Waals surface area contributed by atoms with E-state index in [2.05, 4.69) is 15.3 Å². The third kappa shape index (κ3) is 2.51. The van der Waals surface area contributed by atoms with Crippen molar-refractivity contribution in [3.05, 3.63) is 40.2 Å². The van der Waals surface area contributed by atoms with E-state index >= 15 is 0 Å². The SMILES string of the molecule is Cc1cc(C)c(C2=Nn3c(nnc3C(F)(F)F)SC2)c(C)c1. The Bertz CT molecular complexity index is 754. The van der Waals surface area contributed by atoms with E-state index in [-0.39, 0.29) is 5.16 Å². The lowest BCUT2D eigenvalue weighted by Gasteiger charge is -2.18. The van der Waals surface area contributed by atoms with Gasteiger partial charge in [-0.3, -0.25) is 0 Å². The normalized spacial score (nSPS) is 14.7. The molecule has 3 rings (SSSR count). The molecule has 1 aromatic carbocycles. The number of rotatable bonds is 1. The predicted molar refractivity (Wildman–Crippen MR) is 78.3 cm³/mol. The van der Waals surface area contributed by atoms with Gasteiger partial charge in [0, 0.05) is 11.3 Å². The van der Waals surface area contributed by atoms with E-state index in [9.17, 15) is 13.2 Å². The molecule has 2 heterocycles. The van der Waals surface area contributed by atoms with Crippen molar-refractivity contribution in [1.29, 1.82) is 0 Å². The summed E-state index contributed by atoms with van der Waals surface area (Å²) in [6, 6.07) is 4.00. The van der Waals surface area contributed by atoms with Crippen molar-refractivity contribution in [3.8, 4) is 0 Å². The van der Waals surface area contributed by atoms with Gasteiger partial charge in [-0.25, -0.2) is 0 Å². The van der Waals surface area contributed by atoms with Crippen molar-refractivity contribution in [2.45, 2.75) is 32.1 Å². The van der Waals surface area contributed by atoms with Crippen LogP contribution in [0.4, 0.5) is 13.2 Å². The topological polar surface area (TPSA) is 43.1 Å². The largest absolute Gasteiger partial charge is 0.453 e. The van der Waals surface area contributed by atoms with Crippen molar-refractivity contribution in [2.24, 2.45) is 5.10 Å². The van der Waals surface area contributed by atoms with Crippen LogP contribution in [-0.2, 0) is 6.18 Å².